The Balaban J connectivity index is 2.56. The molecule has 0 aliphatic carbocycles. The molecule has 1 fully saturated rings. The predicted molar refractivity (Wildman–Crippen MR) is 62.7 cm³/mol. The van der Waals surface area contributed by atoms with Gasteiger partial charge in [-0.15, -0.1) is 0 Å². The van der Waals surface area contributed by atoms with Gasteiger partial charge in [-0.1, -0.05) is 0 Å². The highest BCUT2D eigenvalue weighted by Crippen LogP contribution is 2.61. The van der Waals surface area contributed by atoms with E-state index in [-0.39, 0.29) is 12.3 Å². The number of nitrogens with one attached hydrogen (secondary N) is 1. The number of piperidine rings is 1. The molecule has 102 valence electrons. The summed E-state index contributed by atoms with van der Waals surface area (Å²) in [5, 5.41) is 1.31. The monoisotopic (exact) mass is 287 g/mol. The molecule has 0 saturated carbocycles. The summed E-state index contributed by atoms with van der Waals surface area (Å²) in [4.78, 5) is 35.8. The highest BCUT2D eigenvalue weighted by molar-refractivity contribution is 7.70. The van der Waals surface area contributed by atoms with Crippen LogP contribution < -0.4 is 5.32 Å². The van der Waals surface area contributed by atoms with Crippen molar-refractivity contribution in [3.63, 3.8) is 0 Å². The molecule has 1 saturated heterocycles. The molecule has 1 heterocycles. The van der Waals surface area contributed by atoms with Crippen molar-refractivity contribution in [2.75, 3.05) is 13.1 Å². The molecule has 0 bridgehead atoms. The minimum Gasteiger partial charge on any atom is -0.324 e. The van der Waals surface area contributed by atoms with Gasteiger partial charge in [0.15, 0.2) is 5.40 Å². The first kappa shape index (κ1) is 15.3. The summed E-state index contributed by atoms with van der Waals surface area (Å²) in [6, 6.07) is 0. The van der Waals surface area contributed by atoms with Crippen LogP contribution >= 0.6 is 15.2 Å². The Kier molecular flexibility index (Phi) is 5.35. The Morgan fingerprint density at radius 2 is 1.53 bits per heavy atom. The van der Waals surface area contributed by atoms with Gasteiger partial charge in [-0.3, -0.25) is 9.13 Å². The van der Waals surface area contributed by atoms with E-state index in [4.69, 9.17) is 19.6 Å². The lowest BCUT2D eigenvalue weighted by Gasteiger charge is -2.25. The van der Waals surface area contributed by atoms with E-state index in [9.17, 15) is 9.13 Å². The van der Waals surface area contributed by atoms with E-state index in [1.807, 2.05) is 0 Å². The molecule has 17 heavy (non-hydrogen) atoms. The third-order valence-electron chi connectivity index (χ3n) is 3.07. The van der Waals surface area contributed by atoms with Gasteiger partial charge in [0.05, 0.1) is 0 Å². The first-order valence-electron chi connectivity index (χ1n) is 5.52. The van der Waals surface area contributed by atoms with Crippen molar-refractivity contribution >= 4 is 15.2 Å². The van der Waals surface area contributed by atoms with Crippen LogP contribution in [0.4, 0.5) is 0 Å². The summed E-state index contributed by atoms with van der Waals surface area (Å²) in [7, 11) is -9.49. The van der Waals surface area contributed by atoms with E-state index < -0.39 is 20.6 Å². The SMILES string of the molecule is O=P(O)(O)C(CCC1CCNCC1)P(=O)(O)O. The van der Waals surface area contributed by atoms with Gasteiger partial charge in [-0.2, -0.15) is 0 Å². The van der Waals surface area contributed by atoms with Gasteiger partial charge in [0.2, 0.25) is 0 Å². The van der Waals surface area contributed by atoms with Crippen molar-refractivity contribution < 1.29 is 28.7 Å². The van der Waals surface area contributed by atoms with E-state index in [0.717, 1.165) is 25.9 Å². The third kappa shape index (κ3) is 5.18. The molecule has 9 heteroatoms. The normalized spacial score (nSPS) is 19.8. The molecule has 7 nitrogen and oxygen atoms in total. The molecule has 0 radical (unpaired) electrons. The van der Waals surface area contributed by atoms with Gasteiger partial charge in [-0.25, -0.2) is 0 Å². The lowest BCUT2D eigenvalue weighted by Crippen LogP contribution is -2.28. The molecule has 1 aliphatic rings. The van der Waals surface area contributed by atoms with Crippen molar-refractivity contribution in [2.45, 2.75) is 31.1 Å². The van der Waals surface area contributed by atoms with Crippen LogP contribution in [0.2, 0.25) is 0 Å². The second kappa shape index (κ2) is 5.93. The van der Waals surface area contributed by atoms with Crippen LogP contribution in [0.5, 0.6) is 0 Å². The van der Waals surface area contributed by atoms with Crippen LogP contribution in [-0.4, -0.2) is 38.1 Å². The van der Waals surface area contributed by atoms with Crippen LogP contribution in [-0.2, 0) is 9.13 Å². The zero-order valence-electron chi connectivity index (χ0n) is 9.40. The predicted octanol–water partition coefficient (Wildman–Crippen LogP) is 0.448. The van der Waals surface area contributed by atoms with Gasteiger partial charge in [0.1, 0.15) is 0 Å². The topological polar surface area (TPSA) is 127 Å². The average molecular weight is 287 g/mol. The van der Waals surface area contributed by atoms with Crippen molar-refractivity contribution in [2.24, 2.45) is 5.92 Å². The lowest BCUT2D eigenvalue weighted by molar-refractivity contribution is 0.314. The van der Waals surface area contributed by atoms with Gasteiger partial charge in [0.25, 0.3) is 0 Å². The second-order valence-corrected chi connectivity index (χ2v) is 8.44. The van der Waals surface area contributed by atoms with Gasteiger partial charge in [-0.05, 0) is 44.7 Å². The van der Waals surface area contributed by atoms with Crippen molar-refractivity contribution in [1.82, 2.24) is 5.32 Å². The number of hydrogen-bond acceptors (Lipinski definition) is 3. The Labute approximate surface area is 99.9 Å². The Morgan fingerprint density at radius 1 is 1.06 bits per heavy atom. The molecule has 0 unspecified atom stereocenters. The summed E-state index contributed by atoms with van der Waals surface area (Å²) < 4.78 is 22.1. The van der Waals surface area contributed by atoms with E-state index in [1.54, 1.807) is 0 Å². The summed E-state index contributed by atoms with van der Waals surface area (Å²) >= 11 is 0. The van der Waals surface area contributed by atoms with Crippen molar-refractivity contribution in [3.8, 4) is 0 Å². The van der Waals surface area contributed by atoms with E-state index in [0.29, 0.717) is 6.42 Å². The summed E-state index contributed by atoms with van der Waals surface area (Å²) in [6.07, 6.45) is 2.09. The lowest BCUT2D eigenvalue weighted by atomic mass is 9.94. The maximum Gasteiger partial charge on any atom is 0.340 e. The number of rotatable bonds is 5. The first-order valence-corrected chi connectivity index (χ1v) is 8.88. The second-order valence-electron chi connectivity index (χ2n) is 4.43. The molecule has 0 aromatic carbocycles. The molecule has 0 amide bonds. The summed E-state index contributed by atoms with van der Waals surface area (Å²) in [6.45, 7) is 1.70. The molecular formula is C8H19NO6P2. The van der Waals surface area contributed by atoms with E-state index in [1.165, 1.54) is 0 Å². The fourth-order valence-corrected chi connectivity index (χ4v) is 4.63. The van der Waals surface area contributed by atoms with E-state index >= 15 is 0 Å². The minimum atomic E-state index is -4.74. The summed E-state index contributed by atoms with van der Waals surface area (Å²) in [5.74, 6) is 0.289. The molecule has 0 spiro atoms. The maximum absolute atomic E-state index is 11.0. The van der Waals surface area contributed by atoms with E-state index in [2.05, 4.69) is 5.32 Å². The molecule has 1 rings (SSSR count). The van der Waals surface area contributed by atoms with Gasteiger partial charge < -0.3 is 24.9 Å². The minimum absolute atomic E-state index is 0.126. The quantitative estimate of drug-likeness (QED) is 0.464. The van der Waals surface area contributed by atoms with Gasteiger partial charge in [0, 0.05) is 0 Å². The molecule has 1 aliphatic heterocycles. The Hall–Kier alpha value is 0.260. The molecule has 0 aromatic heterocycles. The number of hydrogen-bond donors (Lipinski definition) is 5. The standard InChI is InChI=1S/C8H19NO6P2/c10-16(11,12)8(17(13,14)15)2-1-7-3-5-9-6-4-7/h7-9H,1-6H2,(H2,10,11,12)(H2,13,14,15). The molecular weight excluding hydrogens is 268 g/mol. The fourth-order valence-electron chi connectivity index (χ4n) is 2.09. The average Bonchev–Trinajstić information content (AvgIpc) is 2.15. The van der Waals surface area contributed by atoms with Crippen LogP contribution in [0, 0.1) is 5.92 Å². The first-order chi connectivity index (χ1) is 7.71. The van der Waals surface area contributed by atoms with Crippen LogP contribution in [0.15, 0.2) is 0 Å². The zero-order valence-corrected chi connectivity index (χ0v) is 11.2. The fraction of sp³-hybridized carbons (Fsp3) is 1.00. The molecule has 0 atom stereocenters. The smallest absolute Gasteiger partial charge is 0.324 e. The highest BCUT2D eigenvalue weighted by Gasteiger charge is 2.42. The summed E-state index contributed by atoms with van der Waals surface area (Å²) in [5.41, 5.74) is 0. The Bertz CT molecular complexity index is 309. The van der Waals surface area contributed by atoms with Crippen LogP contribution in [0.1, 0.15) is 25.7 Å². The largest absolute Gasteiger partial charge is 0.340 e. The molecule has 0 aromatic rings. The van der Waals surface area contributed by atoms with Crippen molar-refractivity contribution in [1.29, 1.82) is 0 Å². The van der Waals surface area contributed by atoms with Crippen LogP contribution in [0.3, 0.4) is 0 Å². The molecule has 5 N–H and O–H groups in total. The van der Waals surface area contributed by atoms with Crippen LogP contribution in [0.25, 0.3) is 0 Å². The highest BCUT2D eigenvalue weighted by atomic mass is 31.2. The zero-order chi connectivity index (χ0) is 13.1. The Morgan fingerprint density at radius 3 is 1.94 bits per heavy atom. The third-order valence-corrected chi connectivity index (χ3v) is 6.94. The maximum atomic E-state index is 11.0. The van der Waals surface area contributed by atoms with Gasteiger partial charge >= 0.3 is 15.2 Å². The van der Waals surface area contributed by atoms with Crippen molar-refractivity contribution in [3.05, 3.63) is 0 Å².